The highest BCUT2D eigenvalue weighted by molar-refractivity contribution is 5.81. The molecule has 0 radical (unpaired) electrons. The van der Waals surface area contributed by atoms with E-state index in [2.05, 4.69) is 13.8 Å². The summed E-state index contributed by atoms with van der Waals surface area (Å²) in [5.74, 6) is 0.152. The molecule has 1 fully saturated rings. The predicted octanol–water partition coefficient (Wildman–Crippen LogP) is 2.52. The van der Waals surface area contributed by atoms with Crippen LogP contribution in [-0.2, 0) is 9.59 Å². The maximum atomic E-state index is 11.7. The lowest BCUT2D eigenvalue weighted by molar-refractivity contribution is -0.159. The molecule has 2 atom stereocenters. The number of amides is 1. The van der Waals surface area contributed by atoms with Crippen molar-refractivity contribution in [1.82, 2.24) is 4.90 Å². The summed E-state index contributed by atoms with van der Waals surface area (Å²) in [7, 11) is 0. The number of aliphatic carboxylic acids is 1. The van der Waals surface area contributed by atoms with E-state index in [1.807, 2.05) is 6.92 Å². The SMILES string of the molecule is CCN(C=O)C1(C(=O)O)CCCC(CC(C)C)C1. The van der Waals surface area contributed by atoms with Gasteiger partial charge in [-0.3, -0.25) is 4.79 Å². The molecule has 1 aliphatic rings. The van der Waals surface area contributed by atoms with E-state index < -0.39 is 11.5 Å². The molecule has 4 heteroatoms. The third-order valence-electron chi connectivity index (χ3n) is 4.05. The fraction of sp³-hybridized carbons (Fsp3) is 0.857. The Morgan fingerprint density at radius 2 is 2.22 bits per heavy atom. The molecule has 1 aliphatic carbocycles. The maximum Gasteiger partial charge on any atom is 0.329 e. The molecule has 2 unspecified atom stereocenters. The maximum absolute atomic E-state index is 11.7. The van der Waals surface area contributed by atoms with Gasteiger partial charge >= 0.3 is 5.97 Å². The number of nitrogens with zero attached hydrogens (tertiary/aromatic N) is 1. The highest BCUT2D eigenvalue weighted by atomic mass is 16.4. The van der Waals surface area contributed by atoms with Gasteiger partial charge < -0.3 is 10.0 Å². The molecule has 18 heavy (non-hydrogen) atoms. The topological polar surface area (TPSA) is 57.6 Å². The molecule has 0 aliphatic heterocycles. The van der Waals surface area contributed by atoms with Crippen LogP contribution in [0.2, 0.25) is 0 Å². The molecule has 1 rings (SSSR count). The van der Waals surface area contributed by atoms with Gasteiger partial charge in [0.15, 0.2) is 0 Å². The van der Waals surface area contributed by atoms with E-state index in [4.69, 9.17) is 0 Å². The first-order valence-electron chi connectivity index (χ1n) is 6.91. The standard InChI is InChI=1S/C14H25NO3/c1-4-15(10-16)14(13(17)18)7-5-6-12(9-14)8-11(2)3/h10-12H,4-9H2,1-3H3,(H,17,18). The van der Waals surface area contributed by atoms with Crippen LogP contribution < -0.4 is 0 Å². The van der Waals surface area contributed by atoms with E-state index in [1.165, 1.54) is 4.90 Å². The molecule has 0 aromatic rings. The molecule has 1 saturated carbocycles. The Kier molecular flexibility index (Phi) is 5.17. The Hall–Kier alpha value is -1.06. The van der Waals surface area contributed by atoms with Crippen molar-refractivity contribution in [3.63, 3.8) is 0 Å². The lowest BCUT2D eigenvalue weighted by Gasteiger charge is -2.43. The van der Waals surface area contributed by atoms with Crippen molar-refractivity contribution in [3.05, 3.63) is 0 Å². The number of carbonyl (C=O) groups excluding carboxylic acids is 1. The lowest BCUT2D eigenvalue weighted by atomic mass is 9.72. The van der Waals surface area contributed by atoms with Crippen molar-refractivity contribution < 1.29 is 14.7 Å². The van der Waals surface area contributed by atoms with Crippen LogP contribution in [0.1, 0.15) is 52.9 Å². The first kappa shape index (κ1) is 15.0. The Morgan fingerprint density at radius 1 is 1.56 bits per heavy atom. The van der Waals surface area contributed by atoms with Crippen molar-refractivity contribution in [2.75, 3.05) is 6.54 Å². The van der Waals surface area contributed by atoms with Gasteiger partial charge in [0.1, 0.15) is 5.54 Å². The third-order valence-corrected chi connectivity index (χ3v) is 4.05. The summed E-state index contributed by atoms with van der Waals surface area (Å²) in [5, 5.41) is 9.57. The molecule has 0 aromatic carbocycles. The monoisotopic (exact) mass is 255 g/mol. The van der Waals surface area contributed by atoms with E-state index in [0.717, 1.165) is 19.3 Å². The summed E-state index contributed by atoms with van der Waals surface area (Å²) in [5.41, 5.74) is -0.964. The molecule has 0 spiro atoms. The summed E-state index contributed by atoms with van der Waals surface area (Å²) in [6.45, 7) is 6.62. The largest absolute Gasteiger partial charge is 0.479 e. The van der Waals surface area contributed by atoms with Gasteiger partial charge in [-0.05, 0) is 38.0 Å². The zero-order valence-electron chi connectivity index (χ0n) is 11.7. The summed E-state index contributed by atoms with van der Waals surface area (Å²) in [4.78, 5) is 24.3. The second kappa shape index (κ2) is 6.21. The third kappa shape index (κ3) is 3.03. The van der Waals surface area contributed by atoms with E-state index >= 15 is 0 Å². The van der Waals surface area contributed by atoms with Gasteiger partial charge in [0.05, 0.1) is 0 Å². The minimum Gasteiger partial charge on any atom is -0.479 e. The number of hydrogen-bond donors (Lipinski definition) is 1. The second-order valence-electron chi connectivity index (χ2n) is 5.82. The van der Waals surface area contributed by atoms with Crippen molar-refractivity contribution in [2.24, 2.45) is 11.8 Å². The number of likely N-dealkylation sites (N-methyl/N-ethyl adjacent to an activating group) is 1. The Bertz CT molecular complexity index is 303. The summed E-state index contributed by atoms with van der Waals surface area (Å²) < 4.78 is 0. The molecule has 104 valence electrons. The van der Waals surface area contributed by atoms with Gasteiger partial charge in [-0.2, -0.15) is 0 Å². The minimum absolute atomic E-state index is 0.420. The lowest BCUT2D eigenvalue weighted by Crippen LogP contribution is -2.56. The molecule has 1 N–H and O–H groups in total. The van der Waals surface area contributed by atoms with Crippen LogP contribution in [0, 0.1) is 11.8 Å². The van der Waals surface area contributed by atoms with E-state index in [9.17, 15) is 14.7 Å². The van der Waals surface area contributed by atoms with Gasteiger partial charge in [0.2, 0.25) is 6.41 Å². The van der Waals surface area contributed by atoms with Crippen LogP contribution in [0.15, 0.2) is 0 Å². The fourth-order valence-corrected chi connectivity index (χ4v) is 3.29. The zero-order valence-corrected chi connectivity index (χ0v) is 11.7. The van der Waals surface area contributed by atoms with E-state index in [1.54, 1.807) is 0 Å². The average Bonchev–Trinajstić information content (AvgIpc) is 2.29. The molecule has 0 saturated heterocycles. The molecule has 0 aromatic heterocycles. The predicted molar refractivity (Wildman–Crippen MR) is 70.2 cm³/mol. The van der Waals surface area contributed by atoms with Crippen LogP contribution in [-0.4, -0.2) is 34.5 Å². The molecule has 4 nitrogen and oxygen atoms in total. The molecular weight excluding hydrogens is 230 g/mol. The fourth-order valence-electron chi connectivity index (χ4n) is 3.29. The summed E-state index contributed by atoms with van der Waals surface area (Å²) in [6, 6.07) is 0. The number of carboxylic acid groups (broad SMARTS) is 1. The summed E-state index contributed by atoms with van der Waals surface area (Å²) in [6.07, 6.45) is 4.92. The van der Waals surface area contributed by atoms with Crippen molar-refractivity contribution in [1.29, 1.82) is 0 Å². The highest BCUT2D eigenvalue weighted by Gasteiger charge is 2.46. The molecular formula is C14H25NO3. The second-order valence-corrected chi connectivity index (χ2v) is 5.82. The average molecular weight is 255 g/mol. The minimum atomic E-state index is -0.964. The van der Waals surface area contributed by atoms with Gasteiger partial charge in [-0.15, -0.1) is 0 Å². The van der Waals surface area contributed by atoms with Gasteiger partial charge in [-0.1, -0.05) is 26.7 Å². The normalized spacial score (nSPS) is 28.1. The van der Waals surface area contributed by atoms with Gasteiger partial charge in [0.25, 0.3) is 0 Å². The first-order valence-corrected chi connectivity index (χ1v) is 6.91. The number of carbonyl (C=O) groups is 2. The van der Waals surface area contributed by atoms with Gasteiger partial charge in [0, 0.05) is 6.54 Å². The van der Waals surface area contributed by atoms with Gasteiger partial charge in [-0.25, -0.2) is 4.79 Å². The Labute approximate surface area is 109 Å². The quantitative estimate of drug-likeness (QED) is 0.742. The number of hydrogen-bond acceptors (Lipinski definition) is 2. The smallest absolute Gasteiger partial charge is 0.329 e. The molecule has 1 amide bonds. The van der Waals surface area contributed by atoms with E-state index in [0.29, 0.717) is 37.6 Å². The van der Waals surface area contributed by atoms with Crippen molar-refractivity contribution in [3.8, 4) is 0 Å². The first-order chi connectivity index (χ1) is 8.46. The summed E-state index contributed by atoms with van der Waals surface area (Å²) >= 11 is 0. The van der Waals surface area contributed by atoms with Crippen molar-refractivity contribution in [2.45, 2.75) is 58.4 Å². The van der Waals surface area contributed by atoms with Crippen LogP contribution in [0.5, 0.6) is 0 Å². The Morgan fingerprint density at radius 3 is 2.67 bits per heavy atom. The molecule has 0 heterocycles. The zero-order chi connectivity index (χ0) is 13.8. The number of carboxylic acids is 1. The van der Waals surface area contributed by atoms with Crippen molar-refractivity contribution >= 4 is 12.4 Å². The van der Waals surface area contributed by atoms with Crippen LogP contribution in [0.25, 0.3) is 0 Å². The molecule has 0 bridgehead atoms. The van der Waals surface area contributed by atoms with Crippen LogP contribution >= 0.6 is 0 Å². The Balaban J connectivity index is 2.90. The number of rotatable bonds is 6. The van der Waals surface area contributed by atoms with Crippen LogP contribution in [0.4, 0.5) is 0 Å². The highest BCUT2D eigenvalue weighted by Crippen LogP contribution is 2.39. The van der Waals surface area contributed by atoms with Crippen LogP contribution in [0.3, 0.4) is 0 Å². The van der Waals surface area contributed by atoms with E-state index in [-0.39, 0.29) is 0 Å².